The minimum Gasteiger partial charge on any atom is -0.300 e. The van der Waals surface area contributed by atoms with Crippen LogP contribution in [0.4, 0.5) is 0 Å². The van der Waals surface area contributed by atoms with Crippen molar-refractivity contribution in [3.05, 3.63) is 33.8 Å². The van der Waals surface area contributed by atoms with Gasteiger partial charge in [-0.25, -0.2) is 0 Å². The zero-order valence-corrected chi connectivity index (χ0v) is 14.1. The number of halogens is 2. The minimum absolute atomic E-state index is 0.280. The lowest BCUT2D eigenvalue weighted by Gasteiger charge is -2.42. The molecule has 0 amide bonds. The molecule has 2 nitrogen and oxygen atoms in total. The largest absolute Gasteiger partial charge is 0.300 e. The van der Waals surface area contributed by atoms with Crippen LogP contribution in [0.15, 0.2) is 18.2 Å². The third-order valence-corrected chi connectivity index (χ3v) is 4.63. The van der Waals surface area contributed by atoms with Gasteiger partial charge >= 0.3 is 0 Å². The van der Waals surface area contributed by atoms with Crippen LogP contribution in [0.3, 0.4) is 0 Å². The van der Waals surface area contributed by atoms with Crippen molar-refractivity contribution in [2.75, 3.05) is 32.7 Å². The molecule has 1 saturated heterocycles. The van der Waals surface area contributed by atoms with E-state index in [-0.39, 0.29) is 5.54 Å². The minimum atomic E-state index is 0.280. The molecule has 0 radical (unpaired) electrons. The molecule has 0 aromatic heterocycles. The summed E-state index contributed by atoms with van der Waals surface area (Å²) in [6, 6.07) is 5.71. The van der Waals surface area contributed by atoms with E-state index in [9.17, 15) is 0 Å². The molecule has 1 heterocycles. The molecule has 0 saturated carbocycles. The van der Waals surface area contributed by atoms with Crippen LogP contribution in [0.25, 0.3) is 0 Å². The van der Waals surface area contributed by atoms with Crippen LogP contribution in [0.5, 0.6) is 0 Å². The molecule has 0 spiro atoms. The fraction of sp³-hybridized carbons (Fsp3) is 0.625. The van der Waals surface area contributed by atoms with E-state index < -0.39 is 0 Å². The number of hydrogen-bond donors (Lipinski definition) is 0. The summed E-state index contributed by atoms with van der Waals surface area (Å²) in [5.74, 6) is 0. The first kappa shape index (κ1) is 16.1. The van der Waals surface area contributed by atoms with Crippen molar-refractivity contribution in [3.63, 3.8) is 0 Å². The van der Waals surface area contributed by atoms with Gasteiger partial charge in [0.15, 0.2) is 0 Å². The van der Waals surface area contributed by atoms with Gasteiger partial charge in [0.05, 0.1) is 0 Å². The molecule has 4 heteroatoms. The SMILES string of the molecule is CC(C)(C)N1CCN(CCc2cc(Cl)ccc2Cl)CC1. The maximum absolute atomic E-state index is 6.21. The molecule has 1 aliphatic heterocycles. The second kappa shape index (κ2) is 6.65. The van der Waals surface area contributed by atoms with Crippen LogP contribution in [-0.2, 0) is 6.42 Å². The van der Waals surface area contributed by atoms with Gasteiger partial charge in [0, 0.05) is 48.3 Å². The molecule has 1 fully saturated rings. The quantitative estimate of drug-likeness (QED) is 0.833. The lowest BCUT2D eigenvalue weighted by Crippen LogP contribution is -2.53. The number of hydrogen-bond acceptors (Lipinski definition) is 2. The maximum atomic E-state index is 6.21. The van der Waals surface area contributed by atoms with E-state index in [2.05, 4.69) is 30.6 Å². The first-order valence-electron chi connectivity index (χ1n) is 7.27. The van der Waals surface area contributed by atoms with Crippen LogP contribution >= 0.6 is 23.2 Å². The highest BCUT2D eigenvalue weighted by atomic mass is 35.5. The van der Waals surface area contributed by atoms with E-state index in [4.69, 9.17) is 23.2 Å². The highest BCUT2D eigenvalue weighted by molar-refractivity contribution is 6.33. The Balaban J connectivity index is 1.83. The first-order chi connectivity index (χ1) is 9.36. The van der Waals surface area contributed by atoms with E-state index in [1.54, 1.807) is 0 Å². The van der Waals surface area contributed by atoms with Gasteiger partial charge in [0.2, 0.25) is 0 Å². The molecule has 0 unspecified atom stereocenters. The van der Waals surface area contributed by atoms with Gasteiger partial charge in [-0.3, -0.25) is 4.90 Å². The Bertz CT molecular complexity index is 446. The Morgan fingerprint density at radius 3 is 2.30 bits per heavy atom. The number of nitrogens with zero attached hydrogens (tertiary/aromatic N) is 2. The predicted molar refractivity (Wildman–Crippen MR) is 87.9 cm³/mol. The van der Waals surface area contributed by atoms with E-state index in [0.29, 0.717) is 0 Å². The lowest BCUT2D eigenvalue weighted by molar-refractivity contribution is 0.0629. The van der Waals surface area contributed by atoms with Crippen molar-refractivity contribution in [1.29, 1.82) is 0 Å². The summed E-state index contributed by atoms with van der Waals surface area (Å²) in [6.07, 6.45) is 0.967. The first-order valence-corrected chi connectivity index (χ1v) is 8.03. The standard InChI is InChI=1S/C16H24Cl2N2/c1-16(2,3)20-10-8-19(9-11-20)7-6-13-12-14(17)4-5-15(13)18/h4-5,12H,6-11H2,1-3H3. The molecule has 2 rings (SSSR count). The van der Waals surface area contributed by atoms with Crippen molar-refractivity contribution in [2.45, 2.75) is 32.7 Å². The molecule has 0 N–H and O–H groups in total. The third-order valence-electron chi connectivity index (χ3n) is 4.03. The zero-order chi connectivity index (χ0) is 14.8. The smallest absolute Gasteiger partial charge is 0.0439 e. The van der Waals surface area contributed by atoms with Gasteiger partial charge in [-0.05, 0) is 51.0 Å². The summed E-state index contributed by atoms with van der Waals surface area (Å²) in [6.45, 7) is 12.5. The topological polar surface area (TPSA) is 6.48 Å². The summed E-state index contributed by atoms with van der Waals surface area (Å²) < 4.78 is 0. The Morgan fingerprint density at radius 2 is 1.70 bits per heavy atom. The highest BCUT2D eigenvalue weighted by Crippen LogP contribution is 2.22. The van der Waals surface area contributed by atoms with Gasteiger partial charge < -0.3 is 4.90 Å². The molecule has 1 aromatic carbocycles. The third kappa shape index (κ3) is 4.36. The van der Waals surface area contributed by atoms with Crippen molar-refractivity contribution in [1.82, 2.24) is 9.80 Å². The van der Waals surface area contributed by atoms with Gasteiger partial charge in [-0.1, -0.05) is 23.2 Å². The molecular formula is C16H24Cl2N2. The van der Waals surface area contributed by atoms with Crippen molar-refractivity contribution in [3.8, 4) is 0 Å². The monoisotopic (exact) mass is 314 g/mol. The maximum Gasteiger partial charge on any atom is 0.0439 e. The fourth-order valence-corrected chi connectivity index (χ4v) is 3.06. The Labute approximate surface area is 132 Å². The van der Waals surface area contributed by atoms with Crippen molar-refractivity contribution >= 4 is 23.2 Å². The Hall–Kier alpha value is -0.280. The Morgan fingerprint density at radius 1 is 1.05 bits per heavy atom. The van der Waals surface area contributed by atoms with Crippen molar-refractivity contribution in [2.24, 2.45) is 0 Å². The molecule has 0 atom stereocenters. The van der Waals surface area contributed by atoms with Crippen LogP contribution in [-0.4, -0.2) is 48.1 Å². The van der Waals surface area contributed by atoms with Gasteiger partial charge in [0.1, 0.15) is 0 Å². The van der Waals surface area contributed by atoms with Gasteiger partial charge in [-0.2, -0.15) is 0 Å². The summed E-state index contributed by atoms with van der Waals surface area (Å²) in [4.78, 5) is 5.06. The zero-order valence-electron chi connectivity index (χ0n) is 12.6. The van der Waals surface area contributed by atoms with Crippen LogP contribution in [0.2, 0.25) is 10.0 Å². The molecule has 0 aliphatic carbocycles. The van der Waals surface area contributed by atoms with Crippen molar-refractivity contribution < 1.29 is 0 Å². The predicted octanol–water partition coefficient (Wildman–Crippen LogP) is 3.95. The number of rotatable bonds is 3. The molecule has 0 bridgehead atoms. The summed E-state index contributed by atoms with van der Waals surface area (Å²) in [5.41, 5.74) is 1.43. The molecule has 112 valence electrons. The summed E-state index contributed by atoms with van der Waals surface area (Å²) in [5, 5.41) is 1.59. The Kier molecular flexibility index (Phi) is 5.36. The molecule has 1 aromatic rings. The van der Waals surface area contributed by atoms with E-state index in [1.807, 2.05) is 18.2 Å². The average Bonchev–Trinajstić information content (AvgIpc) is 2.39. The van der Waals surface area contributed by atoms with E-state index in [1.165, 1.54) is 0 Å². The molecule has 1 aliphatic rings. The van der Waals surface area contributed by atoms with E-state index >= 15 is 0 Å². The van der Waals surface area contributed by atoms with Crippen LogP contribution < -0.4 is 0 Å². The molecular weight excluding hydrogens is 291 g/mol. The van der Waals surface area contributed by atoms with Crippen LogP contribution in [0.1, 0.15) is 26.3 Å². The normalized spacial score (nSPS) is 18.4. The highest BCUT2D eigenvalue weighted by Gasteiger charge is 2.25. The second-order valence-corrected chi connectivity index (χ2v) is 7.33. The number of benzene rings is 1. The van der Waals surface area contributed by atoms with Gasteiger partial charge in [0.25, 0.3) is 0 Å². The average molecular weight is 315 g/mol. The second-order valence-electron chi connectivity index (χ2n) is 6.49. The molecule has 20 heavy (non-hydrogen) atoms. The summed E-state index contributed by atoms with van der Waals surface area (Å²) in [7, 11) is 0. The lowest BCUT2D eigenvalue weighted by atomic mass is 10.0. The summed E-state index contributed by atoms with van der Waals surface area (Å²) >= 11 is 12.2. The van der Waals surface area contributed by atoms with Gasteiger partial charge in [-0.15, -0.1) is 0 Å². The van der Waals surface area contributed by atoms with Crippen LogP contribution in [0, 0.1) is 0 Å². The fourth-order valence-electron chi connectivity index (χ4n) is 2.66. The number of piperazine rings is 1. The van der Waals surface area contributed by atoms with E-state index in [0.717, 1.165) is 54.8 Å².